The van der Waals surface area contributed by atoms with Crippen LogP contribution in [0.4, 0.5) is 5.69 Å². The average molecular weight is 386 g/mol. The first kappa shape index (κ1) is 14.7. The van der Waals surface area contributed by atoms with Gasteiger partial charge in [0, 0.05) is 5.69 Å². The molecule has 0 aliphatic rings. The van der Waals surface area contributed by atoms with E-state index < -0.39 is 0 Å². The molecule has 2 aromatic rings. The molecule has 1 aromatic carbocycles. The van der Waals surface area contributed by atoms with E-state index in [1.165, 1.54) is 0 Å². The molecule has 5 nitrogen and oxygen atoms in total. The molecule has 1 amide bonds. The standard InChI is InChI=1S/C14H15IN2O3/c15-13-6-5-12(20-13)9-17-10-1-3-11(4-2-10)19-8-7-14(16)18/h1-6,17H,7-9H2,(H2,16,18). The number of halogens is 1. The van der Waals surface area contributed by atoms with Crippen LogP contribution < -0.4 is 15.8 Å². The Labute approximate surface area is 130 Å². The first-order valence-corrected chi connectivity index (χ1v) is 7.20. The van der Waals surface area contributed by atoms with E-state index in [0.717, 1.165) is 15.2 Å². The fourth-order valence-electron chi connectivity index (χ4n) is 1.57. The highest BCUT2D eigenvalue weighted by molar-refractivity contribution is 14.1. The Balaban J connectivity index is 1.80. The number of amides is 1. The molecule has 0 aliphatic carbocycles. The average Bonchev–Trinajstić information content (AvgIpc) is 2.83. The summed E-state index contributed by atoms with van der Waals surface area (Å²) in [6.45, 7) is 0.928. The second kappa shape index (κ2) is 7.18. The summed E-state index contributed by atoms with van der Waals surface area (Å²) in [5.74, 6) is 1.23. The fourth-order valence-corrected chi connectivity index (χ4v) is 2.04. The summed E-state index contributed by atoms with van der Waals surface area (Å²) in [6.07, 6.45) is 0.219. The van der Waals surface area contributed by atoms with Gasteiger partial charge in [-0.15, -0.1) is 0 Å². The number of nitrogens with one attached hydrogen (secondary N) is 1. The maximum atomic E-state index is 10.6. The minimum Gasteiger partial charge on any atom is -0.493 e. The van der Waals surface area contributed by atoms with Gasteiger partial charge in [-0.2, -0.15) is 0 Å². The molecular formula is C14H15IN2O3. The molecule has 0 saturated heterocycles. The van der Waals surface area contributed by atoms with Gasteiger partial charge in [-0.3, -0.25) is 4.79 Å². The summed E-state index contributed by atoms with van der Waals surface area (Å²) < 4.78 is 11.7. The number of carbonyl (C=O) groups is 1. The Morgan fingerprint density at radius 1 is 1.25 bits per heavy atom. The van der Waals surface area contributed by atoms with Crippen molar-refractivity contribution >= 4 is 34.2 Å². The summed E-state index contributed by atoms with van der Waals surface area (Å²) in [5.41, 5.74) is 6.01. The lowest BCUT2D eigenvalue weighted by molar-refractivity contribution is -0.118. The molecule has 0 bridgehead atoms. The van der Waals surface area contributed by atoms with Crippen LogP contribution in [0.1, 0.15) is 12.2 Å². The van der Waals surface area contributed by atoms with Crippen molar-refractivity contribution in [1.29, 1.82) is 0 Å². The number of hydrogen-bond donors (Lipinski definition) is 2. The van der Waals surface area contributed by atoms with Crippen LogP contribution in [-0.2, 0) is 11.3 Å². The largest absolute Gasteiger partial charge is 0.493 e. The maximum Gasteiger partial charge on any atom is 0.220 e. The van der Waals surface area contributed by atoms with Crippen LogP contribution in [0.15, 0.2) is 40.8 Å². The van der Waals surface area contributed by atoms with Gasteiger partial charge in [0.25, 0.3) is 0 Å². The predicted molar refractivity (Wildman–Crippen MR) is 84.5 cm³/mol. The van der Waals surface area contributed by atoms with Crippen LogP contribution in [0.5, 0.6) is 5.75 Å². The zero-order valence-electron chi connectivity index (χ0n) is 10.8. The monoisotopic (exact) mass is 386 g/mol. The normalized spacial score (nSPS) is 10.2. The van der Waals surface area contributed by atoms with Gasteiger partial charge in [0.1, 0.15) is 11.5 Å². The van der Waals surface area contributed by atoms with Gasteiger partial charge in [0.15, 0.2) is 3.77 Å². The van der Waals surface area contributed by atoms with Crippen LogP contribution in [0.25, 0.3) is 0 Å². The van der Waals surface area contributed by atoms with Gasteiger partial charge in [-0.05, 0) is 59.0 Å². The van der Waals surface area contributed by atoms with Crippen molar-refractivity contribution in [3.05, 3.63) is 45.9 Å². The minimum atomic E-state index is -0.364. The van der Waals surface area contributed by atoms with Crippen molar-refractivity contribution in [2.75, 3.05) is 11.9 Å². The third-order valence-corrected chi connectivity index (χ3v) is 3.15. The molecule has 0 aliphatic heterocycles. The van der Waals surface area contributed by atoms with Crippen molar-refractivity contribution in [2.45, 2.75) is 13.0 Å². The summed E-state index contributed by atoms with van der Waals surface area (Å²) >= 11 is 2.13. The lowest BCUT2D eigenvalue weighted by Crippen LogP contribution is -2.14. The Kier molecular flexibility index (Phi) is 5.28. The van der Waals surface area contributed by atoms with Crippen molar-refractivity contribution in [3.63, 3.8) is 0 Å². The van der Waals surface area contributed by atoms with Crippen molar-refractivity contribution in [3.8, 4) is 5.75 Å². The van der Waals surface area contributed by atoms with E-state index in [9.17, 15) is 4.79 Å². The number of nitrogens with two attached hydrogens (primary N) is 1. The topological polar surface area (TPSA) is 77.5 Å². The molecule has 0 saturated carbocycles. The van der Waals surface area contributed by atoms with Crippen molar-refractivity contribution in [2.24, 2.45) is 5.73 Å². The van der Waals surface area contributed by atoms with Gasteiger partial charge in [-0.25, -0.2) is 0 Å². The first-order valence-electron chi connectivity index (χ1n) is 6.13. The molecule has 0 fully saturated rings. The minimum absolute atomic E-state index is 0.219. The lowest BCUT2D eigenvalue weighted by Gasteiger charge is -2.07. The van der Waals surface area contributed by atoms with Crippen LogP contribution in [0.2, 0.25) is 0 Å². The third kappa shape index (κ3) is 4.76. The van der Waals surface area contributed by atoms with E-state index in [0.29, 0.717) is 18.9 Å². The Hall–Kier alpha value is -1.70. The van der Waals surface area contributed by atoms with Crippen LogP contribution in [0, 0.1) is 3.77 Å². The molecule has 0 atom stereocenters. The summed E-state index contributed by atoms with van der Waals surface area (Å²) in [6, 6.07) is 11.4. The number of primary amides is 1. The van der Waals surface area contributed by atoms with E-state index in [-0.39, 0.29) is 12.3 Å². The number of furan rings is 1. The second-order valence-corrected chi connectivity index (χ2v) is 5.21. The van der Waals surface area contributed by atoms with Gasteiger partial charge in [0.05, 0.1) is 19.6 Å². The molecule has 106 valence electrons. The van der Waals surface area contributed by atoms with Crippen LogP contribution in [0.3, 0.4) is 0 Å². The molecule has 20 heavy (non-hydrogen) atoms. The predicted octanol–water partition coefficient (Wildman–Crippen LogP) is 2.75. The fraction of sp³-hybridized carbons (Fsp3) is 0.214. The number of carbonyl (C=O) groups excluding carboxylic acids is 1. The zero-order valence-corrected chi connectivity index (χ0v) is 12.9. The molecular weight excluding hydrogens is 371 g/mol. The second-order valence-electron chi connectivity index (χ2n) is 4.15. The third-order valence-electron chi connectivity index (χ3n) is 2.57. The van der Waals surface area contributed by atoms with Crippen molar-refractivity contribution < 1.29 is 13.9 Å². The molecule has 2 rings (SSSR count). The lowest BCUT2D eigenvalue weighted by atomic mass is 10.3. The van der Waals surface area contributed by atoms with Gasteiger partial charge in [0.2, 0.25) is 5.91 Å². The highest BCUT2D eigenvalue weighted by Gasteiger charge is 2.00. The Bertz CT molecular complexity index is 566. The van der Waals surface area contributed by atoms with Crippen molar-refractivity contribution in [1.82, 2.24) is 0 Å². The number of rotatable bonds is 7. The Morgan fingerprint density at radius 2 is 2.00 bits per heavy atom. The van der Waals surface area contributed by atoms with Gasteiger partial charge < -0.3 is 20.2 Å². The number of anilines is 1. The molecule has 3 N–H and O–H groups in total. The van der Waals surface area contributed by atoms with E-state index >= 15 is 0 Å². The number of hydrogen-bond acceptors (Lipinski definition) is 4. The highest BCUT2D eigenvalue weighted by atomic mass is 127. The highest BCUT2D eigenvalue weighted by Crippen LogP contribution is 2.17. The smallest absolute Gasteiger partial charge is 0.220 e. The van der Waals surface area contributed by atoms with Gasteiger partial charge >= 0.3 is 0 Å². The van der Waals surface area contributed by atoms with Crippen LogP contribution in [-0.4, -0.2) is 12.5 Å². The number of ether oxygens (including phenoxy) is 1. The maximum absolute atomic E-state index is 10.6. The van der Waals surface area contributed by atoms with E-state index in [1.54, 1.807) is 0 Å². The summed E-state index contributed by atoms with van der Waals surface area (Å²) in [4.78, 5) is 10.6. The quantitative estimate of drug-likeness (QED) is 0.718. The SMILES string of the molecule is NC(=O)CCOc1ccc(NCc2ccc(I)o2)cc1. The van der Waals surface area contributed by atoms with E-state index in [2.05, 4.69) is 27.9 Å². The molecule has 1 heterocycles. The van der Waals surface area contributed by atoms with E-state index in [4.69, 9.17) is 14.9 Å². The van der Waals surface area contributed by atoms with Crippen LogP contribution >= 0.6 is 22.6 Å². The molecule has 1 aromatic heterocycles. The number of benzene rings is 1. The molecule has 6 heteroatoms. The summed E-state index contributed by atoms with van der Waals surface area (Å²) in [5, 5.41) is 3.25. The summed E-state index contributed by atoms with van der Waals surface area (Å²) in [7, 11) is 0. The van der Waals surface area contributed by atoms with Gasteiger partial charge in [-0.1, -0.05) is 0 Å². The molecule has 0 spiro atoms. The first-order chi connectivity index (χ1) is 9.63. The zero-order chi connectivity index (χ0) is 14.4. The molecule has 0 radical (unpaired) electrons. The van der Waals surface area contributed by atoms with E-state index in [1.807, 2.05) is 36.4 Å². The Morgan fingerprint density at radius 3 is 2.60 bits per heavy atom. The molecule has 0 unspecified atom stereocenters.